The van der Waals surface area contributed by atoms with Crippen LogP contribution in [0.2, 0.25) is 0 Å². The molecule has 1 atom stereocenters. The first-order valence-corrected chi connectivity index (χ1v) is 10.9. The number of aryl methyl sites for hydroxylation is 3. The Morgan fingerprint density at radius 2 is 1.57 bits per heavy atom. The van der Waals surface area contributed by atoms with Gasteiger partial charge in [-0.2, -0.15) is 5.10 Å². The van der Waals surface area contributed by atoms with Crippen LogP contribution < -0.4 is 0 Å². The van der Waals surface area contributed by atoms with Crippen LogP contribution in [0.3, 0.4) is 0 Å². The molecule has 0 amide bonds. The average molecular weight is 406 g/mol. The van der Waals surface area contributed by atoms with E-state index >= 15 is 0 Å². The van der Waals surface area contributed by atoms with Crippen LogP contribution in [-0.4, -0.2) is 29.1 Å². The van der Waals surface area contributed by atoms with Crippen molar-refractivity contribution in [1.82, 2.24) is 24.0 Å². The normalized spacial score (nSPS) is 13.1. The van der Waals surface area contributed by atoms with Gasteiger partial charge in [0.2, 0.25) is 0 Å². The van der Waals surface area contributed by atoms with Gasteiger partial charge in [-0.15, -0.1) is 0 Å². The van der Waals surface area contributed by atoms with Crippen LogP contribution >= 0.6 is 0 Å². The standard InChI is InChI=1S/C24H31N5O/c1-7-17(8-2)19-13-14(4)27-29-22(16(6)26-24(19)29)21-15(5)25-23-18(20(30)9-3)11-10-12-28(21)23/h10-13,17,20,30H,7-9H2,1-6H3/t20-/m0/s1. The SMILES string of the molecule is CCC(CC)c1cc(C)nn2c(-c3c(C)nc4c([C@@H](O)CC)cccn34)c(C)nc12. The molecule has 0 saturated heterocycles. The molecule has 158 valence electrons. The van der Waals surface area contributed by atoms with Gasteiger partial charge in [0.1, 0.15) is 11.3 Å². The molecule has 0 unspecified atom stereocenters. The topological polar surface area (TPSA) is 67.7 Å². The van der Waals surface area contributed by atoms with Crippen LogP contribution in [0.25, 0.3) is 22.7 Å². The highest BCUT2D eigenvalue weighted by Gasteiger charge is 2.24. The highest BCUT2D eigenvalue weighted by Crippen LogP contribution is 2.34. The van der Waals surface area contributed by atoms with E-state index in [1.165, 1.54) is 5.56 Å². The lowest BCUT2D eigenvalue weighted by Crippen LogP contribution is -2.06. The van der Waals surface area contributed by atoms with E-state index in [1.54, 1.807) is 0 Å². The second kappa shape index (κ2) is 7.84. The van der Waals surface area contributed by atoms with Crippen LogP contribution in [0.15, 0.2) is 24.4 Å². The number of nitrogens with zero attached hydrogens (tertiary/aromatic N) is 5. The summed E-state index contributed by atoms with van der Waals surface area (Å²) in [5, 5.41) is 15.3. The lowest BCUT2D eigenvalue weighted by Gasteiger charge is -2.15. The number of fused-ring (bicyclic) bond motifs is 2. The highest BCUT2D eigenvalue weighted by molar-refractivity contribution is 5.71. The Labute approximate surface area is 177 Å². The maximum absolute atomic E-state index is 10.5. The summed E-state index contributed by atoms with van der Waals surface area (Å²) in [6, 6.07) is 6.10. The Hall–Kier alpha value is -2.73. The molecular formula is C24H31N5O. The van der Waals surface area contributed by atoms with E-state index < -0.39 is 6.10 Å². The smallest absolute Gasteiger partial charge is 0.158 e. The Balaban J connectivity index is 2.05. The van der Waals surface area contributed by atoms with Crippen molar-refractivity contribution < 1.29 is 5.11 Å². The lowest BCUT2D eigenvalue weighted by atomic mass is 9.95. The quantitative estimate of drug-likeness (QED) is 0.472. The molecule has 0 saturated carbocycles. The van der Waals surface area contributed by atoms with Crippen molar-refractivity contribution in [2.45, 2.75) is 72.8 Å². The minimum absolute atomic E-state index is 0.457. The molecule has 0 aliphatic heterocycles. The fourth-order valence-electron chi connectivity index (χ4n) is 4.55. The fraction of sp³-hybridized carbons (Fsp3) is 0.458. The monoisotopic (exact) mass is 405 g/mol. The Morgan fingerprint density at radius 3 is 2.23 bits per heavy atom. The fourth-order valence-corrected chi connectivity index (χ4v) is 4.55. The third kappa shape index (κ3) is 3.10. The van der Waals surface area contributed by atoms with Crippen molar-refractivity contribution in [3.63, 3.8) is 0 Å². The van der Waals surface area contributed by atoms with Crippen molar-refractivity contribution in [3.05, 3.63) is 52.6 Å². The molecule has 30 heavy (non-hydrogen) atoms. The van der Waals surface area contributed by atoms with E-state index in [-0.39, 0.29) is 0 Å². The van der Waals surface area contributed by atoms with E-state index in [4.69, 9.17) is 15.1 Å². The number of aromatic nitrogens is 5. The Kier molecular flexibility index (Phi) is 5.36. The molecule has 4 aromatic heterocycles. The lowest BCUT2D eigenvalue weighted by molar-refractivity contribution is 0.174. The van der Waals surface area contributed by atoms with Gasteiger partial charge in [-0.05, 0) is 58.1 Å². The third-order valence-corrected chi connectivity index (χ3v) is 6.16. The summed E-state index contributed by atoms with van der Waals surface area (Å²) in [6.45, 7) is 12.5. The summed E-state index contributed by atoms with van der Waals surface area (Å²) in [7, 11) is 0. The molecule has 0 radical (unpaired) electrons. The van der Waals surface area contributed by atoms with Gasteiger partial charge in [0.05, 0.1) is 28.9 Å². The molecule has 6 nitrogen and oxygen atoms in total. The summed E-state index contributed by atoms with van der Waals surface area (Å²) in [5.74, 6) is 0.457. The largest absolute Gasteiger partial charge is 0.388 e. The Morgan fingerprint density at radius 1 is 0.900 bits per heavy atom. The van der Waals surface area contributed by atoms with Gasteiger partial charge in [0.25, 0.3) is 0 Å². The molecule has 0 aromatic carbocycles. The maximum Gasteiger partial charge on any atom is 0.158 e. The molecule has 4 heterocycles. The van der Waals surface area contributed by atoms with E-state index in [0.29, 0.717) is 12.3 Å². The Bertz CT molecular complexity index is 1220. The number of pyridine rings is 1. The van der Waals surface area contributed by atoms with Crippen molar-refractivity contribution >= 4 is 11.3 Å². The van der Waals surface area contributed by atoms with Crippen LogP contribution in [0.4, 0.5) is 0 Å². The van der Waals surface area contributed by atoms with Gasteiger partial charge in [-0.1, -0.05) is 26.8 Å². The zero-order valence-electron chi connectivity index (χ0n) is 18.8. The number of aliphatic hydroxyl groups is 1. The number of hydrogen-bond donors (Lipinski definition) is 1. The average Bonchev–Trinajstić information content (AvgIpc) is 3.23. The number of rotatable bonds is 6. The molecule has 0 aliphatic rings. The van der Waals surface area contributed by atoms with Gasteiger partial charge in [-0.25, -0.2) is 14.5 Å². The van der Waals surface area contributed by atoms with Gasteiger partial charge in [0, 0.05) is 17.3 Å². The number of hydrogen-bond acceptors (Lipinski definition) is 4. The molecule has 0 aliphatic carbocycles. The minimum Gasteiger partial charge on any atom is -0.388 e. The molecule has 0 fully saturated rings. The summed E-state index contributed by atoms with van der Waals surface area (Å²) < 4.78 is 4.07. The summed E-state index contributed by atoms with van der Waals surface area (Å²) >= 11 is 0. The van der Waals surface area contributed by atoms with Crippen molar-refractivity contribution in [1.29, 1.82) is 0 Å². The van der Waals surface area contributed by atoms with Crippen molar-refractivity contribution in [2.24, 2.45) is 0 Å². The molecule has 0 bridgehead atoms. The summed E-state index contributed by atoms with van der Waals surface area (Å²) in [4.78, 5) is 9.79. The second-order valence-electron chi connectivity index (χ2n) is 8.16. The van der Waals surface area contributed by atoms with E-state index in [2.05, 4.69) is 24.3 Å². The van der Waals surface area contributed by atoms with Crippen molar-refractivity contribution in [2.75, 3.05) is 0 Å². The molecular weight excluding hydrogens is 374 g/mol. The molecule has 4 aromatic rings. The molecule has 6 heteroatoms. The zero-order valence-corrected chi connectivity index (χ0v) is 18.8. The van der Waals surface area contributed by atoms with Gasteiger partial charge < -0.3 is 5.11 Å². The van der Waals surface area contributed by atoms with Crippen LogP contribution in [0, 0.1) is 20.8 Å². The third-order valence-electron chi connectivity index (χ3n) is 6.16. The first kappa shape index (κ1) is 20.5. The summed E-state index contributed by atoms with van der Waals surface area (Å²) in [6.07, 6.45) is 4.27. The van der Waals surface area contributed by atoms with E-state index in [0.717, 1.165) is 58.2 Å². The van der Waals surface area contributed by atoms with E-state index in [9.17, 15) is 5.11 Å². The first-order chi connectivity index (χ1) is 14.4. The van der Waals surface area contributed by atoms with Crippen molar-refractivity contribution in [3.8, 4) is 11.4 Å². The highest BCUT2D eigenvalue weighted by atomic mass is 16.3. The molecule has 4 rings (SSSR count). The van der Waals surface area contributed by atoms with E-state index in [1.807, 2.05) is 50.5 Å². The number of aliphatic hydroxyl groups excluding tert-OH is 1. The second-order valence-corrected chi connectivity index (χ2v) is 8.16. The predicted octanol–water partition coefficient (Wildman–Crippen LogP) is 5.32. The molecule has 0 spiro atoms. The van der Waals surface area contributed by atoms with Crippen LogP contribution in [-0.2, 0) is 0 Å². The van der Waals surface area contributed by atoms with Gasteiger partial charge >= 0.3 is 0 Å². The van der Waals surface area contributed by atoms with Gasteiger partial charge in [-0.3, -0.25) is 4.40 Å². The molecule has 1 N–H and O–H groups in total. The maximum atomic E-state index is 10.5. The van der Waals surface area contributed by atoms with Gasteiger partial charge in [0.15, 0.2) is 5.65 Å². The van der Waals surface area contributed by atoms with Crippen LogP contribution in [0.5, 0.6) is 0 Å². The zero-order chi connectivity index (χ0) is 21.6. The van der Waals surface area contributed by atoms with Crippen LogP contribution in [0.1, 0.15) is 80.3 Å². The number of imidazole rings is 2. The summed E-state index contributed by atoms with van der Waals surface area (Å²) in [5.41, 5.74) is 8.61. The predicted molar refractivity (Wildman–Crippen MR) is 120 cm³/mol. The minimum atomic E-state index is -0.534. The first-order valence-electron chi connectivity index (χ1n) is 10.9.